The first-order valence-corrected chi connectivity index (χ1v) is 22.3. The van der Waals surface area contributed by atoms with Gasteiger partial charge in [0.05, 0.1) is 8.07 Å². The van der Waals surface area contributed by atoms with E-state index in [1.807, 2.05) is 53.8 Å². The van der Waals surface area contributed by atoms with Gasteiger partial charge in [-0.1, -0.05) is 117 Å². The molecule has 0 aliphatic carbocycles. The molecule has 5 aromatic carbocycles. The van der Waals surface area contributed by atoms with Crippen molar-refractivity contribution in [2.24, 2.45) is 5.92 Å². The van der Waals surface area contributed by atoms with Gasteiger partial charge in [-0.15, -0.1) is 53.6 Å². The van der Waals surface area contributed by atoms with Crippen LogP contribution in [0.1, 0.15) is 19.4 Å². The maximum atomic E-state index is 5.10. The van der Waals surface area contributed by atoms with Crippen molar-refractivity contribution < 1.29 is 20.1 Å². The number of thiophene rings is 1. The Morgan fingerprint density at radius 3 is 2.02 bits per heavy atom. The Kier molecular flexibility index (Phi) is 10.6. The van der Waals surface area contributed by atoms with E-state index in [0.717, 1.165) is 28.9 Å². The van der Waals surface area contributed by atoms with Crippen LogP contribution in [0, 0.1) is 18.1 Å². The number of para-hydroxylation sites is 2. The van der Waals surface area contributed by atoms with Gasteiger partial charge in [-0.3, -0.25) is 0 Å². The fourth-order valence-corrected chi connectivity index (χ4v) is 10.1. The number of nitrogens with zero attached hydrogens (tertiary/aromatic N) is 3. The zero-order chi connectivity index (χ0) is 35.8. The average molecular weight is 900 g/mol. The molecule has 4 heterocycles. The SMILES string of the molecule is CC(C)Cc1cc(-c2[c-]cc(-n3c4ccccc4c4ccccc43)c3c2sc2ccccc23)ncc1[Si](C)(C)C.[Ir].[c-]1ccccc1-c1ccccn1. The standard InChI is InChI=1S/C36H33N2SSi.C11H8N.Ir/c1-23(2)20-24-21-29(37-22-34(24)40(3,4)5)27-18-19-32(35-28-14-8-11-17-33(28)39-36(27)35)38-30-15-9-6-12-25(30)26-13-7-10-16-31(26)38;1-2-6-10(7-3-1)11-8-4-5-9-12-11;/h6-17,19,21-23H,20H2,1-5H3;1-6,8-9H;/q2*-1;. The molecule has 1 radical (unpaired) electrons. The molecule has 6 heteroatoms. The van der Waals surface area contributed by atoms with E-state index in [9.17, 15) is 0 Å². The van der Waals surface area contributed by atoms with Gasteiger partial charge in [0.25, 0.3) is 0 Å². The van der Waals surface area contributed by atoms with E-state index in [0.29, 0.717) is 5.92 Å². The van der Waals surface area contributed by atoms with Crippen LogP contribution < -0.4 is 5.19 Å². The third-order valence-electron chi connectivity index (χ3n) is 9.58. The summed E-state index contributed by atoms with van der Waals surface area (Å²) in [7, 11) is -1.52. The molecule has 4 aromatic heterocycles. The van der Waals surface area contributed by atoms with Crippen molar-refractivity contribution in [1.82, 2.24) is 14.5 Å². The van der Waals surface area contributed by atoms with Gasteiger partial charge < -0.3 is 14.5 Å². The summed E-state index contributed by atoms with van der Waals surface area (Å²) in [5, 5.41) is 6.59. The van der Waals surface area contributed by atoms with Gasteiger partial charge in [-0.05, 0) is 69.0 Å². The van der Waals surface area contributed by atoms with E-state index >= 15 is 0 Å². The summed E-state index contributed by atoms with van der Waals surface area (Å²) in [5.74, 6) is 0.594. The number of aromatic nitrogens is 3. The topological polar surface area (TPSA) is 30.7 Å². The average Bonchev–Trinajstić information content (AvgIpc) is 3.72. The Hall–Kier alpha value is -4.71. The van der Waals surface area contributed by atoms with Gasteiger partial charge in [0.15, 0.2) is 0 Å². The Labute approximate surface area is 330 Å². The summed E-state index contributed by atoms with van der Waals surface area (Å²) in [4.78, 5) is 9.32. The number of hydrogen-bond donors (Lipinski definition) is 0. The third-order valence-corrected chi connectivity index (χ3v) is 12.8. The summed E-state index contributed by atoms with van der Waals surface area (Å²) in [5.41, 5.74) is 9.21. The molecular formula is C47H41IrN3SSi-2. The van der Waals surface area contributed by atoms with Gasteiger partial charge in [0.2, 0.25) is 0 Å². The van der Waals surface area contributed by atoms with Crippen molar-refractivity contribution >= 4 is 66.6 Å². The number of pyridine rings is 2. The van der Waals surface area contributed by atoms with Crippen LogP contribution in [0.2, 0.25) is 19.6 Å². The second kappa shape index (κ2) is 15.3. The van der Waals surface area contributed by atoms with Crippen LogP contribution in [-0.4, -0.2) is 22.6 Å². The Morgan fingerprint density at radius 2 is 1.38 bits per heavy atom. The molecule has 0 aliphatic heterocycles. The first-order valence-electron chi connectivity index (χ1n) is 18.0. The number of rotatable bonds is 6. The zero-order valence-corrected chi connectivity index (χ0v) is 34.9. The Morgan fingerprint density at radius 1 is 0.717 bits per heavy atom. The van der Waals surface area contributed by atoms with E-state index in [4.69, 9.17) is 4.98 Å². The molecule has 265 valence electrons. The van der Waals surface area contributed by atoms with Crippen molar-refractivity contribution in [3.8, 4) is 28.2 Å². The fourth-order valence-electron chi connectivity index (χ4n) is 7.30. The fraction of sp³-hybridized carbons (Fsp3) is 0.149. The number of hydrogen-bond acceptors (Lipinski definition) is 3. The minimum Gasteiger partial charge on any atom is -0.350 e. The van der Waals surface area contributed by atoms with Crippen LogP contribution >= 0.6 is 11.3 Å². The summed E-state index contributed by atoms with van der Waals surface area (Å²) in [6, 6.07) is 51.4. The summed E-state index contributed by atoms with van der Waals surface area (Å²) >= 11 is 1.86. The largest absolute Gasteiger partial charge is 0.350 e. The molecule has 53 heavy (non-hydrogen) atoms. The van der Waals surface area contributed by atoms with Crippen molar-refractivity contribution in [2.75, 3.05) is 0 Å². The molecule has 9 rings (SSSR count). The minimum absolute atomic E-state index is 0. The van der Waals surface area contributed by atoms with E-state index in [2.05, 4.69) is 146 Å². The van der Waals surface area contributed by atoms with Gasteiger partial charge in [-0.2, -0.15) is 11.3 Å². The molecule has 0 bridgehead atoms. The predicted molar refractivity (Wildman–Crippen MR) is 226 cm³/mol. The Balaban J connectivity index is 0.000000284. The minimum atomic E-state index is -1.52. The van der Waals surface area contributed by atoms with Gasteiger partial charge in [0, 0.05) is 59.0 Å². The predicted octanol–water partition coefficient (Wildman–Crippen LogP) is 12.3. The molecule has 0 spiro atoms. The zero-order valence-electron chi connectivity index (χ0n) is 30.6. The van der Waals surface area contributed by atoms with Crippen LogP contribution in [0.3, 0.4) is 0 Å². The van der Waals surface area contributed by atoms with Crippen molar-refractivity contribution in [2.45, 2.75) is 39.9 Å². The van der Waals surface area contributed by atoms with Crippen LogP contribution in [0.4, 0.5) is 0 Å². The van der Waals surface area contributed by atoms with Crippen molar-refractivity contribution in [3.05, 3.63) is 157 Å². The van der Waals surface area contributed by atoms with Gasteiger partial charge >= 0.3 is 0 Å². The molecule has 0 atom stereocenters. The van der Waals surface area contributed by atoms with Crippen molar-refractivity contribution in [3.63, 3.8) is 0 Å². The van der Waals surface area contributed by atoms with E-state index in [1.54, 1.807) is 6.20 Å². The quantitative estimate of drug-likeness (QED) is 0.123. The summed E-state index contributed by atoms with van der Waals surface area (Å²) in [6.45, 7) is 11.9. The van der Waals surface area contributed by atoms with Crippen LogP contribution in [0.15, 0.2) is 140 Å². The second-order valence-corrected chi connectivity index (χ2v) is 20.9. The maximum Gasteiger partial charge on any atom is 0.0798 e. The monoisotopic (exact) mass is 900 g/mol. The van der Waals surface area contributed by atoms with E-state index in [-0.39, 0.29) is 20.1 Å². The van der Waals surface area contributed by atoms with Crippen molar-refractivity contribution in [1.29, 1.82) is 0 Å². The third kappa shape index (κ3) is 7.17. The normalized spacial score (nSPS) is 11.6. The number of benzene rings is 5. The Bertz CT molecular complexity index is 2580. The molecule has 0 saturated heterocycles. The second-order valence-electron chi connectivity index (χ2n) is 14.8. The molecule has 0 aliphatic rings. The van der Waals surface area contributed by atoms with Crippen LogP contribution in [0.5, 0.6) is 0 Å². The summed E-state index contributed by atoms with van der Waals surface area (Å²) in [6.07, 6.45) is 5.04. The first-order chi connectivity index (χ1) is 25.3. The van der Waals surface area contributed by atoms with E-state index < -0.39 is 8.07 Å². The summed E-state index contributed by atoms with van der Waals surface area (Å²) < 4.78 is 4.98. The molecule has 0 fully saturated rings. The molecule has 0 N–H and O–H groups in total. The van der Waals surface area contributed by atoms with Gasteiger partial charge in [0.1, 0.15) is 0 Å². The number of fused-ring (bicyclic) bond motifs is 6. The van der Waals surface area contributed by atoms with E-state index in [1.165, 1.54) is 58.4 Å². The molecule has 9 aromatic rings. The molecular weight excluding hydrogens is 859 g/mol. The van der Waals surface area contributed by atoms with Gasteiger partial charge in [-0.25, -0.2) is 0 Å². The van der Waals surface area contributed by atoms with Crippen LogP contribution in [-0.2, 0) is 26.5 Å². The molecule has 3 nitrogen and oxygen atoms in total. The molecule has 0 amide bonds. The smallest absolute Gasteiger partial charge is 0.0798 e. The van der Waals surface area contributed by atoms with Crippen LogP contribution in [0.25, 0.3) is 70.2 Å². The first kappa shape index (κ1) is 36.6. The maximum absolute atomic E-state index is 5.10. The molecule has 0 unspecified atom stereocenters. The molecule has 0 saturated carbocycles.